The summed E-state index contributed by atoms with van der Waals surface area (Å²) in [6.07, 6.45) is -1.06. The largest absolute Gasteiger partial charge is 0.395 e. The minimum Gasteiger partial charge on any atom is -0.395 e. The van der Waals surface area contributed by atoms with Gasteiger partial charge in [0.05, 0.1) is 22.4 Å². The first-order valence-electron chi connectivity index (χ1n) is 5.09. The first-order chi connectivity index (χ1) is 8.45. The molecule has 4 N–H and O–H groups in total. The number of aromatic nitrogens is 2. The fourth-order valence-corrected chi connectivity index (χ4v) is 3.46. The van der Waals surface area contributed by atoms with Crippen LogP contribution in [0.15, 0.2) is 20.3 Å². The molecule has 0 spiro atoms. The number of nitrogens with zero attached hydrogens (tertiary/aromatic N) is 1. The number of rotatable bonds is 2. The van der Waals surface area contributed by atoms with Gasteiger partial charge in [-0.15, -0.1) is 11.8 Å². The summed E-state index contributed by atoms with van der Waals surface area (Å²) in [7, 11) is 0. The summed E-state index contributed by atoms with van der Waals surface area (Å²) in [6, 6.07) is 0. The normalized spacial score (nSPS) is 31.8. The molecule has 1 fully saturated rings. The van der Waals surface area contributed by atoms with Crippen molar-refractivity contribution >= 4 is 27.7 Å². The second-order valence-electron chi connectivity index (χ2n) is 3.87. The molecule has 4 atom stereocenters. The Morgan fingerprint density at radius 1 is 1.39 bits per heavy atom. The van der Waals surface area contributed by atoms with Crippen LogP contribution < -0.4 is 11.2 Å². The molecule has 1 aliphatic heterocycles. The molecule has 0 amide bonds. The van der Waals surface area contributed by atoms with Gasteiger partial charge in [-0.05, 0) is 15.9 Å². The Balaban J connectivity index is 2.42. The molecule has 0 saturated carbocycles. The Kier molecular flexibility index (Phi) is 3.97. The first kappa shape index (κ1) is 13.8. The van der Waals surface area contributed by atoms with Gasteiger partial charge >= 0.3 is 5.69 Å². The van der Waals surface area contributed by atoms with Crippen molar-refractivity contribution < 1.29 is 15.3 Å². The van der Waals surface area contributed by atoms with Crippen LogP contribution in [0.5, 0.6) is 0 Å². The average Bonchev–Trinajstić information content (AvgIpc) is 2.61. The number of aromatic amines is 1. The van der Waals surface area contributed by atoms with Gasteiger partial charge in [0.15, 0.2) is 0 Å². The molecule has 1 aliphatic rings. The molecule has 1 aromatic rings. The molecule has 2 rings (SSSR count). The van der Waals surface area contributed by atoms with Crippen LogP contribution in [0.2, 0.25) is 0 Å². The number of halogens is 1. The molecular formula is C9H11BrN2O5S. The number of thioether (sulfide) groups is 1. The second kappa shape index (κ2) is 5.17. The van der Waals surface area contributed by atoms with Crippen LogP contribution >= 0.6 is 27.7 Å². The molecule has 0 unspecified atom stereocenters. The van der Waals surface area contributed by atoms with E-state index < -0.39 is 34.1 Å². The van der Waals surface area contributed by atoms with Gasteiger partial charge in [0.25, 0.3) is 5.56 Å². The van der Waals surface area contributed by atoms with E-state index in [1.807, 2.05) is 0 Å². The lowest BCUT2D eigenvalue weighted by Crippen LogP contribution is -2.37. The summed E-state index contributed by atoms with van der Waals surface area (Å²) in [5, 5.41) is 27.2. The molecule has 18 heavy (non-hydrogen) atoms. The number of nitrogens with one attached hydrogen (secondary N) is 1. The number of hydrogen-bond acceptors (Lipinski definition) is 6. The molecule has 2 heterocycles. The molecule has 0 radical (unpaired) electrons. The maximum Gasteiger partial charge on any atom is 0.329 e. The van der Waals surface area contributed by atoms with Gasteiger partial charge in [0.1, 0.15) is 11.5 Å². The maximum atomic E-state index is 11.6. The van der Waals surface area contributed by atoms with E-state index in [1.54, 1.807) is 0 Å². The molecule has 1 saturated heterocycles. The van der Waals surface area contributed by atoms with Crippen molar-refractivity contribution in [3.05, 3.63) is 31.5 Å². The molecular weight excluding hydrogens is 328 g/mol. The van der Waals surface area contributed by atoms with Crippen LogP contribution in [0.1, 0.15) is 5.37 Å². The number of aliphatic hydroxyl groups is 3. The summed E-state index contributed by atoms with van der Waals surface area (Å²) in [5.74, 6) is 0. The van der Waals surface area contributed by atoms with Crippen molar-refractivity contribution in [2.75, 3.05) is 6.61 Å². The predicted molar refractivity (Wildman–Crippen MR) is 68.5 cm³/mol. The fourth-order valence-electron chi connectivity index (χ4n) is 1.76. The zero-order chi connectivity index (χ0) is 13.4. The molecule has 0 aliphatic carbocycles. The Morgan fingerprint density at radius 3 is 2.61 bits per heavy atom. The van der Waals surface area contributed by atoms with E-state index in [-0.39, 0.29) is 11.1 Å². The van der Waals surface area contributed by atoms with Crippen molar-refractivity contribution in [3.8, 4) is 0 Å². The van der Waals surface area contributed by atoms with Crippen LogP contribution in [0.25, 0.3) is 0 Å². The number of H-pyrrole nitrogens is 1. The SMILES string of the molecule is O=c1[nH]c(=O)n([C@H]2S[C@@H](CO)[C@H](O)[C@@H]2O)cc1Br. The van der Waals surface area contributed by atoms with Crippen LogP contribution in [0.4, 0.5) is 0 Å². The van der Waals surface area contributed by atoms with E-state index in [4.69, 9.17) is 5.11 Å². The van der Waals surface area contributed by atoms with Crippen LogP contribution in [0, 0.1) is 0 Å². The Bertz CT molecular complexity index is 559. The third-order valence-corrected chi connectivity index (χ3v) is 4.84. The van der Waals surface area contributed by atoms with Gasteiger partial charge in [-0.3, -0.25) is 14.3 Å². The highest BCUT2D eigenvalue weighted by atomic mass is 79.9. The van der Waals surface area contributed by atoms with Crippen LogP contribution in [-0.2, 0) is 0 Å². The van der Waals surface area contributed by atoms with E-state index in [2.05, 4.69) is 20.9 Å². The lowest BCUT2D eigenvalue weighted by atomic mass is 10.1. The number of aliphatic hydroxyl groups excluding tert-OH is 3. The average molecular weight is 339 g/mol. The van der Waals surface area contributed by atoms with E-state index in [0.717, 1.165) is 16.3 Å². The molecule has 9 heteroatoms. The molecule has 7 nitrogen and oxygen atoms in total. The monoisotopic (exact) mass is 338 g/mol. The minimum absolute atomic E-state index is 0.150. The summed E-state index contributed by atoms with van der Waals surface area (Å²) in [5.41, 5.74) is -1.24. The third-order valence-electron chi connectivity index (χ3n) is 2.72. The van der Waals surface area contributed by atoms with E-state index in [0.29, 0.717) is 0 Å². The van der Waals surface area contributed by atoms with Crippen molar-refractivity contribution in [3.63, 3.8) is 0 Å². The maximum absolute atomic E-state index is 11.6. The lowest BCUT2D eigenvalue weighted by molar-refractivity contribution is 0.0101. The number of hydrogen-bond donors (Lipinski definition) is 4. The van der Waals surface area contributed by atoms with Crippen LogP contribution in [0.3, 0.4) is 0 Å². The Morgan fingerprint density at radius 2 is 2.06 bits per heavy atom. The molecule has 0 bridgehead atoms. The van der Waals surface area contributed by atoms with E-state index in [9.17, 15) is 19.8 Å². The van der Waals surface area contributed by atoms with Crippen molar-refractivity contribution in [1.82, 2.24) is 9.55 Å². The van der Waals surface area contributed by atoms with Crippen molar-refractivity contribution in [2.45, 2.75) is 22.8 Å². The van der Waals surface area contributed by atoms with Crippen molar-refractivity contribution in [1.29, 1.82) is 0 Å². The molecule has 0 aromatic carbocycles. The smallest absolute Gasteiger partial charge is 0.329 e. The lowest BCUT2D eigenvalue weighted by Gasteiger charge is -2.17. The Labute approximate surface area is 114 Å². The third kappa shape index (κ3) is 2.28. The van der Waals surface area contributed by atoms with Gasteiger partial charge in [-0.1, -0.05) is 0 Å². The zero-order valence-corrected chi connectivity index (χ0v) is 11.4. The van der Waals surface area contributed by atoms with Crippen LogP contribution in [-0.4, -0.2) is 48.9 Å². The van der Waals surface area contributed by atoms with E-state index in [1.165, 1.54) is 6.20 Å². The van der Waals surface area contributed by atoms with Gasteiger partial charge in [0.2, 0.25) is 0 Å². The Hall–Kier alpha value is -0.610. The van der Waals surface area contributed by atoms with Gasteiger partial charge < -0.3 is 15.3 Å². The first-order valence-corrected chi connectivity index (χ1v) is 6.82. The molecule has 1 aromatic heterocycles. The fraction of sp³-hybridized carbons (Fsp3) is 0.556. The van der Waals surface area contributed by atoms with Gasteiger partial charge in [0, 0.05) is 6.20 Å². The van der Waals surface area contributed by atoms with Crippen molar-refractivity contribution in [2.24, 2.45) is 0 Å². The highest BCUT2D eigenvalue weighted by Crippen LogP contribution is 2.40. The highest BCUT2D eigenvalue weighted by molar-refractivity contribution is 9.10. The summed E-state index contributed by atoms with van der Waals surface area (Å²) in [6.45, 7) is -0.307. The van der Waals surface area contributed by atoms with Gasteiger partial charge in [-0.2, -0.15) is 0 Å². The summed E-state index contributed by atoms with van der Waals surface area (Å²) >= 11 is 4.07. The molecule has 100 valence electrons. The summed E-state index contributed by atoms with van der Waals surface area (Å²) in [4.78, 5) is 24.9. The minimum atomic E-state index is -1.19. The highest BCUT2D eigenvalue weighted by Gasteiger charge is 2.43. The van der Waals surface area contributed by atoms with E-state index >= 15 is 0 Å². The topological polar surface area (TPSA) is 116 Å². The van der Waals surface area contributed by atoms with Gasteiger partial charge in [-0.25, -0.2) is 4.79 Å². The predicted octanol–water partition coefficient (Wildman–Crippen LogP) is -1.37. The standard InChI is InChI=1S/C9H11BrN2O5S/c10-3-1-12(9(17)11-7(3)16)8-6(15)5(14)4(2-13)18-8/h1,4-6,8,13-15H,2H2,(H,11,16,17)/t4-,5-,6-,8-/m0/s1. The quantitative estimate of drug-likeness (QED) is 0.528. The zero-order valence-electron chi connectivity index (χ0n) is 8.99. The second-order valence-corrected chi connectivity index (χ2v) is 6.09. The summed E-state index contributed by atoms with van der Waals surface area (Å²) < 4.78 is 1.27.